The lowest BCUT2D eigenvalue weighted by atomic mass is 10.1. The van der Waals surface area contributed by atoms with Crippen molar-refractivity contribution in [2.24, 2.45) is 0 Å². The molecule has 104 valence electrons. The Morgan fingerprint density at radius 1 is 1.42 bits per heavy atom. The number of hydrogen-bond acceptors (Lipinski definition) is 3. The summed E-state index contributed by atoms with van der Waals surface area (Å²) in [5.74, 6) is -0.677. The van der Waals surface area contributed by atoms with Gasteiger partial charge in [-0.3, -0.25) is 4.90 Å². The molecule has 1 rings (SSSR count). The van der Waals surface area contributed by atoms with Crippen molar-refractivity contribution >= 4 is 0 Å². The van der Waals surface area contributed by atoms with Gasteiger partial charge < -0.3 is 5.11 Å². The van der Waals surface area contributed by atoms with Crippen molar-refractivity contribution in [3.8, 4) is 6.07 Å². The molecule has 0 amide bonds. The van der Waals surface area contributed by atoms with Gasteiger partial charge in [-0.1, -0.05) is 6.07 Å². The third-order valence-electron chi connectivity index (χ3n) is 2.47. The van der Waals surface area contributed by atoms with Crippen LogP contribution in [0, 0.1) is 17.1 Å². The number of benzene rings is 1. The van der Waals surface area contributed by atoms with Crippen molar-refractivity contribution in [1.82, 2.24) is 4.90 Å². The van der Waals surface area contributed by atoms with Gasteiger partial charge in [-0.2, -0.15) is 18.4 Å². The number of halogens is 4. The lowest BCUT2D eigenvalue weighted by Crippen LogP contribution is -2.39. The van der Waals surface area contributed by atoms with Gasteiger partial charge in [0.15, 0.2) is 6.10 Å². The number of hydrogen-bond donors (Lipinski definition) is 1. The first-order valence-corrected chi connectivity index (χ1v) is 5.36. The Balaban J connectivity index is 2.68. The SMILES string of the molecule is CN(Cc1ccc(F)c(C#N)c1)CC(O)C(F)(F)F. The molecule has 0 aliphatic carbocycles. The van der Waals surface area contributed by atoms with Gasteiger partial charge in [-0.05, 0) is 24.7 Å². The lowest BCUT2D eigenvalue weighted by molar-refractivity contribution is -0.207. The molecule has 0 aliphatic rings. The molecule has 19 heavy (non-hydrogen) atoms. The van der Waals surface area contributed by atoms with Crippen molar-refractivity contribution in [2.45, 2.75) is 18.8 Å². The first kappa shape index (κ1) is 15.4. The Morgan fingerprint density at radius 3 is 2.58 bits per heavy atom. The minimum atomic E-state index is -4.67. The minimum Gasteiger partial charge on any atom is -0.382 e. The maximum Gasteiger partial charge on any atom is 0.415 e. The third kappa shape index (κ3) is 4.50. The summed E-state index contributed by atoms with van der Waals surface area (Å²) in [6.07, 6.45) is -7.11. The zero-order valence-electron chi connectivity index (χ0n) is 10.1. The molecular formula is C12H12F4N2O. The van der Waals surface area contributed by atoms with Crippen LogP contribution in [0.5, 0.6) is 0 Å². The maximum atomic E-state index is 13.0. The Bertz CT molecular complexity index is 482. The van der Waals surface area contributed by atoms with E-state index in [2.05, 4.69) is 0 Å². The number of likely N-dealkylation sites (N-methyl/N-ethyl adjacent to an activating group) is 1. The number of aliphatic hydroxyl groups excluding tert-OH is 1. The molecule has 0 fully saturated rings. The highest BCUT2D eigenvalue weighted by Crippen LogP contribution is 2.21. The second kappa shape index (κ2) is 5.99. The molecule has 1 atom stereocenters. The van der Waals surface area contributed by atoms with E-state index in [1.54, 1.807) is 6.07 Å². The van der Waals surface area contributed by atoms with Crippen molar-refractivity contribution in [3.63, 3.8) is 0 Å². The van der Waals surface area contributed by atoms with Crippen molar-refractivity contribution in [2.75, 3.05) is 13.6 Å². The van der Waals surface area contributed by atoms with Gasteiger partial charge in [0.2, 0.25) is 0 Å². The lowest BCUT2D eigenvalue weighted by Gasteiger charge is -2.22. The fraction of sp³-hybridized carbons (Fsp3) is 0.417. The van der Waals surface area contributed by atoms with Crippen LogP contribution in [0.4, 0.5) is 17.6 Å². The van der Waals surface area contributed by atoms with Gasteiger partial charge in [0.1, 0.15) is 11.9 Å². The number of alkyl halides is 3. The van der Waals surface area contributed by atoms with Gasteiger partial charge in [0.25, 0.3) is 0 Å². The van der Waals surface area contributed by atoms with Crippen molar-refractivity contribution < 1.29 is 22.7 Å². The molecule has 3 nitrogen and oxygen atoms in total. The predicted octanol–water partition coefficient (Wildman–Crippen LogP) is 2.05. The number of aliphatic hydroxyl groups is 1. The van der Waals surface area contributed by atoms with Crippen LogP contribution in [0.1, 0.15) is 11.1 Å². The monoisotopic (exact) mass is 276 g/mol. The quantitative estimate of drug-likeness (QED) is 0.856. The molecule has 1 unspecified atom stereocenters. The predicted molar refractivity (Wildman–Crippen MR) is 59.5 cm³/mol. The summed E-state index contributed by atoms with van der Waals surface area (Å²) in [5, 5.41) is 17.5. The molecule has 0 saturated heterocycles. The van der Waals surface area contributed by atoms with E-state index in [0.29, 0.717) is 5.56 Å². The van der Waals surface area contributed by atoms with E-state index in [0.717, 1.165) is 6.07 Å². The molecule has 0 spiro atoms. The maximum absolute atomic E-state index is 13.0. The highest BCUT2D eigenvalue weighted by molar-refractivity contribution is 5.34. The molecule has 0 bridgehead atoms. The number of rotatable bonds is 4. The van der Waals surface area contributed by atoms with Crippen LogP contribution >= 0.6 is 0 Å². The topological polar surface area (TPSA) is 47.3 Å². The van der Waals surface area contributed by atoms with Crippen LogP contribution in [0.15, 0.2) is 18.2 Å². The summed E-state index contributed by atoms with van der Waals surface area (Å²) in [7, 11) is 1.39. The molecule has 0 radical (unpaired) electrons. The fourth-order valence-corrected chi connectivity index (χ4v) is 1.53. The van der Waals surface area contributed by atoms with E-state index >= 15 is 0 Å². The van der Waals surface area contributed by atoms with Crippen LogP contribution in [0.2, 0.25) is 0 Å². The number of nitrogens with zero attached hydrogens (tertiary/aromatic N) is 2. The van der Waals surface area contributed by atoms with Crippen molar-refractivity contribution in [3.05, 3.63) is 35.1 Å². The van der Waals surface area contributed by atoms with Crippen LogP contribution in [0.3, 0.4) is 0 Å². The molecule has 1 aromatic rings. The summed E-state index contributed by atoms with van der Waals surface area (Å²) in [6, 6.07) is 5.39. The van der Waals surface area contributed by atoms with E-state index in [9.17, 15) is 17.6 Å². The van der Waals surface area contributed by atoms with Gasteiger partial charge in [-0.15, -0.1) is 0 Å². The average molecular weight is 276 g/mol. The van der Waals surface area contributed by atoms with Gasteiger partial charge >= 0.3 is 6.18 Å². The molecular weight excluding hydrogens is 264 g/mol. The molecule has 0 heterocycles. The van der Waals surface area contributed by atoms with Crippen LogP contribution in [0.25, 0.3) is 0 Å². The van der Waals surface area contributed by atoms with Crippen LogP contribution in [-0.2, 0) is 6.54 Å². The summed E-state index contributed by atoms with van der Waals surface area (Å²) < 4.78 is 49.5. The first-order valence-electron chi connectivity index (χ1n) is 5.36. The van der Waals surface area contributed by atoms with E-state index in [1.807, 2.05) is 0 Å². The normalized spacial score (nSPS) is 13.4. The summed E-state index contributed by atoms with van der Waals surface area (Å²) in [4.78, 5) is 1.24. The zero-order chi connectivity index (χ0) is 14.6. The summed E-state index contributed by atoms with van der Waals surface area (Å²) in [6.45, 7) is -0.523. The smallest absolute Gasteiger partial charge is 0.382 e. The van der Waals surface area contributed by atoms with Gasteiger partial charge in [0, 0.05) is 13.1 Å². The third-order valence-corrected chi connectivity index (χ3v) is 2.47. The molecule has 0 aromatic heterocycles. The molecule has 0 saturated carbocycles. The summed E-state index contributed by atoms with van der Waals surface area (Å²) >= 11 is 0. The fourth-order valence-electron chi connectivity index (χ4n) is 1.53. The largest absolute Gasteiger partial charge is 0.415 e. The zero-order valence-corrected chi connectivity index (χ0v) is 10.1. The van der Waals surface area contributed by atoms with Crippen LogP contribution < -0.4 is 0 Å². The second-order valence-corrected chi connectivity index (χ2v) is 4.18. The Kier molecular flexibility index (Phi) is 4.86. The molecule has 1 N–H and O–H groups in total. The van der Waals surface area contributed by atoms with E-state index in [-0.39, 0.29) is 12.1 Å². The van der Waals surface area contributed by atoms with E-state index < -0.39 is 24.6 Å². The number of nitriles is 1. The second-order valence-electron chi connectivity index (χ2n) is 4.18. The highest BCUT2D eigenvalue weighted by Gasteiger charge is 2.38. The van der Waals surface area contributed by atoms with Crippen molar-refractivity contribution in [1.29, 1.82) is 5.26 Å². The molecule has 1 aromatic carbocycles. The standard InChI is InChI=1S/C12H12F4N2O/c1-18(7-11(19)12(14,15)16)6-8-2-3-10(13)9(4-8)5-17/h2-4,11,19H,6-7H2,1H3. The van der Waals surface area contributed by atoms with E-state index in [1.165, 1.54) is 24.1 Å². The molecule has 7 heteroatoms. The Morgan fingerprint density at radius 2 is 2.05 bits per heavy atom. The molecule has 0 aliphatic heterocycles. The Labute approximate surface area is 107 Å². The highest BCUT2D eigenvalue weighted by atomic mass is 19.4. The van der Waals surface area contributed by atoms with Crippen LogP contribution in [-0.4, -0.2) is 35.9 Å². The van der Waals surface area contributed by atoms with Gasteiger partial charge in [-0.25, -0.2) is 4.39 Å². The Hall–Kier alpha value is -1.65. The first-order chi connectivity index (χ1) is 8.74. The van der Waals surface area contributed by atoms with E-state index in [4.69, 9.17) is 10.4 Å². The minimum absolute atomic E-state index is 0.0715. The average Bonchev–Trinajstić information content (AvgIpc) is 2.30. The van der Waals surface area contributed by atoms with Gasteiger partial charge in [0.05, 0.1) is 5.56 Å². The summed E-state index contributed by atoms with van der Waals surface area (Å²) in [5.41, 5.74) is 0.331.